The maximum Gasteiger partial charge on any atom is 0.307 e. The first kappa shape index (κ1) is 12.4. The molecule has 2 aliphatic rings. The molecule has 0 spiro atoms. The fourth-order valence-corrected chi connectivity index (χ4v) is 2.37. The molecule has 2 rings (SSSR count). The molecule has 0 heterocycles. The highest BCUT2D eigenvalue weighted by Crippen LogP contribution is 2.36. The van der Waals surface area contributed by atoms with E-state index in [0.29, 0.717) is 25.4 Å². The third-order valence-electron chi connectivity index (χ3n) is 3.79. The summed E-state index contributed by atoms with van der Waals surface area (Å²) in [5.74, 6) is -1.28. The van der Waals surface area contributed by atoms with Crippen LogP contribution in [0.3, 0.4) is 0 Å². The minimum absolute atomic E-state index is 0.0579. The Bertz CT molecular complexity index is 314. The molecular formula is C12H19NO4. The first-order valence-corrected chi connectivity index (χ1v) is 6.15. The van der Waals surface area contributed by atoms with Crippen LogP contribution in [0.5, 0.6) is 0 Å². The molecule has 2 N–H and O–H groups in total. The van der Waals surface area contributed by atoms with Gasteiger partial charge in [-0.3, -0.25) is 9.59 Å². The molecule has 0 saturated heterocycles. The fraction of sp³-hybridized carbons (Fsp3) is 0.833. The third-order valence-corrected chi connectivity index (χ3v) is 3.79. The van der Waals surface area contributed by atoms with E-state index in [1.165, 1.54) is 0 Å². The minimum Gasteiger partial charge on any atom is -0.481 e. The van der Waals surface area contributed by atoms with Crippen LogP contribution in [0.15, 0.2) is 0 Å². The average molecular weight is 241 g/mol. The zero-order chi connectivity index (χ0) is 12.4. The number of methoxy groups -OCH3 is 1. The van der Waals surface area contributed by atoms with Gasteiger partial charge in [-0.2, -0.15) is 0 Å². The van der Waals surface area contributed by atoms with E-state index in [4.69, 9.17) is 9.84 Å². The molecule has 0 aromatic carbocycles. The Balaban J connectivity index is 1.85. The van der Waals surface area contributed by atoms with E-state index >= 15 is 0 Å². The summed E-state index contributed by atoms with van der Waals surface area (Å²) in [5.41, 5.74) is 0. The Labute approximate surface area is 101 Å². The molecule has 2 saturated carbocycles. The van der Waals surface area contributed by atoms with Gasteiger partial charge in [-0.25, -0.2) is 0 Å². The maximum absolute atomic E-state index is 11.9. The SMILES string of the molecule is COCC(NC(=O)C1CCC1C(=O)O)C1CC1. The Morgan fingerprint density at radius 2 is 1.94 bits per heavy atom. The molecular weight excluding hydrogens is 222 g/mol. The van der Waals surface area contributed by atoms with Crippen molar-refractivity contribution < 1.29 is 19.4 Å². The molecule has 5 nitrogen and oxygen atoms in total. The number of aliphatic carboxylic acids is 1. The Morgan fingerprint density at radius 1 is 1.29 bits per heavy atom. The van der Waals surface area contributed by atoms with Crippen LogP contribution in [-0.2, 0) is 14.3 Å². The van der Waals surface area contributed by atoms with E-state index in [0.717, 1.165) is 12.8 Å². The van der Waals surface area contributed by atoms with Gasteiger partial charge in [-0.1, -0.05) is 0 Å². The monoisotopic (exact) mass is 241 g/mol. The topological polar surface area (TPSA) is 75.6 Å². The lowest BCUT2D eigenvalue weighted by atomic mass is 9.73. The van der Waals surface area contributed by atoms with E-state index < -0.39 is 11.9 Å². The average Bonchev–Trinajstić information content (AvgIpc) is 2.96. The first-order valence-electron chi connectivity index (χ1n) is 6.15. The van der Waals surface area contributed by atoms with Gasteiger partial charge in [-0.15, -0.1) is 0 Å². The van der Waals surface area contributed by atoms with Gasteiger partial charge in [0, 0.05) is 7.11 Å². The highest BCUT2D eigenvalue weighted by molar-refractivity contribution is 5.86. The number of amides is 1. The Morgan fingerprint density at radius 3 is 2.35 bits per heavy atom. The summed E-state index contributed by atoms with van der Waals surface area (Å²) >= 11 is 0. The lowest BCUT2D eigenvalue weighted by molar-refractivity contribution is -0.153. The zero-order valence-electron chi connectivity index (χ0n) is 10.0. The quantitative estimate of drug-likeness (QED) is 0.715. The Kier molecular flexibility index (Phi) is 3.66. The molecule has 3 atom stereocenters. The summed E-state index contributed by atoms with van der Waals surface area (Å²) < 4.78 is 5.08. The summed E-state index contributed by atoms with van der Waals surface area (Å²) in [7, 11) is 1.62. The van der Waals surface area contributed by atoms with Crippen molar-refractivity contribution in [3.8, 4) is 0 Å². The van der Waals surface area contributed by atoms with E-state index in [-0.39, 0.29) is 17.9 Å². The van der Waals surface area contributed by atoms with Crippen LogP contribution in [0.25, 0.3) is 0 Å². The van der Waals surface area contributed by atoms with Gasteiger partial charge in [0.05, 0.1) is 24.5 Å². The molecule has 0 aromatic rings. The second kappa shape index (κ2) is 5.04. The normalized spacial score (nSPS) is 29.2. The van der Waals surface area contributed by atoms with Gasteiger partial charge in [-0.05, 0) is 31.6 Å². The predicted molar refractivity (Wildman–Crippen MR) is 60.4 cm³/mol. The van der Waals surface area contributed by atoms with Crippen molar-refractivity contribution >= 4 is 11.9 Å². The number of rotatable bonds is 6. The van der Waals surface area contributed by atoms with E-state index in [9.17, 15) is 9.59 Å². The number of carboxylic acid groups (broad SMARTS) is 1. The van der Waals surface area contributed by atoms with Crippen LogP contribution in [0.4, 0.5) is 0 Å². The smallest absolute Gasteiger partial charge is 0.307 e. The molecule has 0 aliphatic heterocycles. The maximum atomic E-state index is 11.9. The van der Waals surface area contributed by atoms with Crippen molar-refractivity contribution in [3.05, 3.63) is 0 Å². The number of carboxylic acids is 1. The van der Waals surface area contributed by atoms with E-state index in [2.05, 4.69) is 5.32 Å². The summed E-state index contributed by atoms with van der Waals surface area (Å²) in [5, 5.41) is 11.8. The van der Waals surface area contributed by atoms with Crippen LogP contribution in [0.2, 0.25) is 0 Å². The van der Waals surface area contributed by atoms with Crippen molar-refractivity contribution in [1.82, 2.24) is 5.32 Å². The minimum atomic E-state index is -0.855. The number of nitrogens with one attached hydrogen (secondary N) is 1. The molecule has 1 amide bonds. The number of ether oxygens (including phenoxy) is 1. The lowest BCUT2D eigenvalue weighted by Crippen LogP contribution is -2.49. The molecule has 0 bridgehead atoms. The molecule has 5 heteroatoms. The van der Waals surface area contributed by atoms with Crippen LogP contribution >= 0.6 is 0 Å². The van der Waals surface area contributed by atoms with Crippen molar-refractivity contribution in [3.63, 3.8) is 0 Å². The largest absolute Gasteiger partial charge is 0.481 e. The van der Waals surface area contributed by atoms with Crippen LogP contribution in [0.1, 0.15) is 25.7 Å². The number of carbonyl (C=O) groups excluding carboxylic acids is 1. The molecule has 2 fully saturated rings. The summed E-state index contributed by atoms with van der Waals surface area (Å²) in [6, 6.07) is 0.0579. The molecule has 0 aromatic heterocycles. The zero-order valence-corrected chi connectivity index (χ0v) is 10.0. The van der Waals surface area contributed by atoms with Gasteiger partial charge in [0.15, 0.2) is 0 Å². The van der Waals surface area contributed by atoms with E-state index in [1.54, 1.807) is 7.11 Å². The second-order valence-electron chi connectivity index (χ2n) is 5.04. The Hall–Kier alpha value is -1.10. The summed E-state index contributed by atoms with van der Waals surface area (Å²) in [6.07, 6.45) is 3.56. The predicted octanol–water partition coefficient (Wildman–Crippen LogP) is 0.638. The number of hydrogen-bond donors (Lipinski definition) is 2. The van der Waals surface area contributed by atoms with Crippen LogP contribution in [0, 0.1) is 17.8 Å². The molecule has 17 heavy (non-hydrogen) atoms. The van der Waals surface area contributed by atoms with Gasteiger partial charge in [0.25, 0.3) is 0 Å². The van der Waals surface area contributed by atoms with Gasteiger partial charge >= 0.3 is 5.97 Å². The first-order chi connectivity index (χ1) is 8.13. The highest BCUT2D eigenvalue weighted by atomic mass is 16.5. The number of hydrogen-bond acceptors (Lipinski definition) is 3. The second-order valence-corrected chi connectivity index (χ2v) is 5.04. The molecule has 3 unspecified atom stereocenters. The molecule has 0 radical (unpaired) electrons. The van der Waals surface area contributed by atoms with Crippen molar-refractivity contribution in [2.24, 2.45) is 17.8 Å². The fourth-order valence-electron chi connectivity index (χ4n) is 2.37. The standard InChI is InChI=1S/C12H19NO4/c1-17-6-10(7-2-3-7)13-11(14)8-4-5-9(8)12(15)16/h7-10H,2-6H2,1H3,(H,13,14)(H,15,16). The lowest BCUT2D eigenvalue weighted by Gasteiger charge is -2.33. The van der Waals surface area contributed by atoms with Gasteiger partial charge in [0.1, 0.15) is 0 Å². The van der Waals surface area contributed by atoms with Crippen molar-refractivity contribution in [2.45, 2.75) is 31.7 Å². The summed E-state index contributed by atoms with van der Waals surface area (Å²) in [6.45, 7) is 0.515. The summed E-state index contributed by atoms with van der Waals surface area (Å²) in [4.78, 5) is 22.8. The van der Waals surface area contributed by atoms with Crippen molar-refractivity contribution in [1.29, 1.82) is 0 Å². The molecule has 96 valence electrons. The van der Waals surface area contributed by atoms with Crippen LogP contribution < -0.4 is 5.32 Å². The van der Waals surface area contributed by atoms with Crippen molar-refractivity contribution in [2.75, 3.05) is 13.7 Å². The van der Waals surface area contributed by atoms with Gasteiger partial charge in [0.2, 0.25) is 5.91 Å². The number of carbonyl (C=O) groups is 2. The van der Waals surface area contributed by atoms with Crippen LogP contribution in [-0.4, -0.2) is 36.7 Å². The molecule has 2 aliphatic carbocycles. The third kappa shape index (κ3) is 2.77. The highest BCUT2D eigenvalue weighted by Gasteiger charge is 2.43. The van der Waals surface area contributed by atoms with E-state index in [1.807, 2.05) is 0 Å². The van der Waals surface area contributed by atoms with Gasteiger partial charge < -0.3 is 15.2 Å².